The molecule has 0 spiro atoms. The van der Waals surface area contributed by atoms with Gasteiger partial charge in [0.15, 0.2) is 0 Å². The Morgan fingerprint density at radius 3 is 1.92 bits per heavy atom. The summed E-state index contributed by atoms with van der Waals surface area (Å²) in [4.78, 5) is 11.7. The fourth-order valence-corrected chi connectivity index (χ4v) is 2.73. The molecule has 0 aliphatic carbocycles. The van der Waals surface area contributed by atoms with Crippen LogP contribution in [-0.2, 0) is 9.53 Å². The summed E-state index contributed by atoms with van der Waals surface area (Å²) in [6, 6.07) is 0. The topological polar surface area (TPSA) is 38.3 Å². The fraction of sp³-hybridized carbons (Fsp3) is 0.850. The average Bonchev–Trinajstić information content (AvgIpc) is 2.53. The lowest BCUT2D eigenvalue weighted by molar-refractivity contribution is -0.139. The number of carbonyl (C=O) groups excluding carboxylic acids is 1. The zero-order valence-electron chi connectivity index (χ0n) is 16.5. The van der Waals surface area contributed by atoms with Crippen molar-refractivity contribution in [2.24, 2.45) is 0 Å². The van der Waals surface area contributed by atoms with E-state index >= 15 is 0 Å². The van der Waals surface area contributed by atoms with E-state index in [1.807, 2.05) is 14.1 Å². The molecule has 0 aromatic rings. The van der Waals surface area contributed by atoms with Gasteiger partial charge in [0, 0.05) is 10.4 Å². The first-order valence-corrected chi connectivity index (χ1v) is 10.5. The van der Waals surface area contributed by atoms with Gasteiger partial charge in [0.05, 0.1) is 6.61 Å². The molecule has 1 N–H and O–H groups in total. The van der Waals surface area contributed by atoms with Crippen LogP contribution in [0.1, 0.15) is 84.5 Å². The average molecular weight is 406 g/mol. The van der Waals surface area contributed by atoms with Crippen molar-refractivity contribution in [3.63, 3.8) is 0 Å². The minimum atomic E-state index is -0.280. The molecule has 0 heterocycles. The van der Waals surface area contributed by atoms with E-state index in [2.05, 4.69) is 34.7 Å². The molecule has 0 aliphatic rings. The highest BCUT2D eigenvalue weighted by atomic mass is 79.9. The quantitative estimate of drug-likeness (QED) is 0.166. The van der Waals surface area contributed by atoms with Crippen LogP contribution in [0, 0.1) is 0 Å². The van der Waals surface area contributed by atoms with Gasteiger partial charge in [-0.05, 0) is 33.9 Å². The van der Waals surface area contributed by atoms with Crippen molar-refractivity contribution in [3.05, 3.63) is 12.2 Å². The first-order chi connectivity index (χ1) is 11.5. The largest absolute Gasteiger partial charge is 0.462 e. The van der Waals surface area contributed by atoms with Crippen molar-refractivity contribution >= 4 is 21.9 Å². The van der Waals surface area contributed by atoms with E-state index in [4.69, 9.17) is 4.74 Å². The smallest absolute Gasteiger partial charge is 0.333 e. The third-order valence-corrected chi connectivity index (χ3v) is 4.55. The van der Waals surface area contributed by atoms with Gasteiger partial charge in [0.2, 0.25) is 0 Å². The Morgan fingerprint density at radius 1 is 1.00 bits per heavy atom. The van der Waals surface area contributed by atoms with E-state index < -0.39 is 0 Å². The summed E-state index contributed by atoms with van der Waals surface area (Å²) in [6.45, 7) is 7.99. The lowest BCUT2D eigenvalue weighted by Crippen LogP contribution is -2.10. The van der Waals surface area contributed by atoms with Gasteiger partial charge in [-0.2, -0.15) is 0 Å². The Labute approximate surface area is 159 Å². The highest BCUT2D eigenvalue weighted by Gasteiger charge is 2.07. The van der Waals surface area contributed by atoms with Crippen LogP contribution in [0.15, 0.2) is 12.2 Å². The zero-order valence-corrected chi connectivity index (χ0v) is 18.1. The normalized spacial score (nSPS) is 11.4. The molecule has 0 saturated carbocycles. The van der Waals surface area contributed by atoms with Crippen LogP contribution in [0.5, 0.6) is 0 Å². The van der Waals surface area contributed by atoms with E-state index in [1.165, 1.54) is 64.2 Å². The van der Waals surface area contributed by atoms with Crippen LogP contribution in [0.4, 0.5) is 0 Å². The van der Waals surface area contributed by atoms with Crippen molar-refractivity contribution in [2.75, 3.05) is 20.7 Å². The summed E-state index contributed by atoms with van der Waals surface area (Å²) in [5, 5.41) is 2.75. The maximum atomic E-state index is 11.2. The standard InChI is InChI=1S/C18H33BrO2.C2H7N/c1-4-5-6-7-8-9-10-11-12-13-17(19)14-15-21-18(20)16(2)3;1-3-2/h17H,2,4-15H2,1,3H3;3H,1-2H3. The Hall–Kier alpha value is -0.350. The molecule has 0 radical (unpaired) electrons. The maximum absolute atomic E-state index is 11.2. The molecule has 0 fully saturated rings. The summed E-state index contributed by atoms with van der Waals surface area (Å²) in [5.41, 5.74) is 0.472. The van der Waals surface area contributed by atoms with Crippen LogP contribution >= 0.6 is 15.9 Å². The van der Waals surface area contributed by atoms with Crippen LogP contribution in [0.2, 0.25) is 0 Å². The second-order valence-corrected chi connectivity index (χ2v) is 7.71. The first kappa shape index (κ1) is 25.9. The van der Waals surface area contributed by atoms with Gasteiger partial charge in [-0.25, -0.2) is 4.79 Å². The summed E-state index contributed by atoms with van der Waals surface area (Å²) in [7, 11) is 3.75. The van der Waals surface area contributed by atoms with E-state index in [1.54, 1.807) is 6.92 Å². The molecule has 144 valence electrons. The molecule has 0 bridgehead atoms. The Kier molecular flexibility index (Phi) is 22.3. The van der Waals surface area contributed by atoms with Crippen molar-refractivity contribution in [3.8, 4) is 0 Å². The summed E-state index contributed by atoms with van der Waals surface area (Å²) >= 11 is 3.66. The number of rotatable bonds is 14. The third kappa shape index (κ3) is 21.6. The number of unbranched alkanes of at least 4 members (excludes halogenated alkanes) is 8. The van der Waals surface area contributed by atoms with Crippen LogP contribution in [-0.4, -0.2) is 31.5 Å². The number of hydrogen-bond donors (Lipinski definition) is 1. The molecular weight excluding hydrogens is 366 g/mol. The molecule has 24 heavy (non-hydrogen) atoms. The molecule has 0 amide bonds. The maximum Gasteiger partial charge on any atom is 0.333 e. The predicted octanol–water partition coefficient (Wildman–Crippen LogP) is 6.02. The van der Waals surface area contributed by atoms with Crippen LogP contribution < -0.4 is 5.32 Å². The molecular formula is C20H40BrNO2. The summed E-state index contributed by atoms with van der Waals surface area (Å²) in [5.74, 6) is -0.280. The summed E-state index contributed by atoms with van der Waals surface area (Å²) < 4.78 is 5.10. The number of ether oxygens (including phenoxy) is 1. The number of hydrogen-bond acceptors (Lipinski definition) is 3. The number of carbonyl (C=O) groups is 1. The van der Waals surface area contributed by atoms with Gasteiger partial charge < -0.3 is 10.1 Å². The van der Waals surface area contributed by atoms with Crippen molar-refractivity contribution in [1.29, 1.82) is 0 Å². The molecule has 0 aliphatic heterocycles. The zero-order chi connectivity index (χ0) is 18.6. The minimum absolute atomic E-state index is 0.280. The molecule has 0 rings (SSSR count). The second kappa shape index (κ2) is 20.7. The lowest BCUT2D eigenvalue weighted by Gasteiger charge is -2.10. The third-order valence-electron chi connectivity index (χ3n) is 3.63. The number of alkyl halides is 1. The van der Waals surface area contributed by atoms with Gasteiger partial charge in [0.1, 0.15) is 0 Å². The SMILES string of the molecule is C=C(C)C(=O)OCCC(Br)CCCCCCCCCCC.CNC. The highest BCUT2D eigenvalue weighted by molar-refractivity contribution is 9.09. The first-order valence-electron chi connectivity index (χ1n) is 9.54. The monoisotopic (exact) mass is 405 g/mol. The van der Waals surface area contributed by atoms with Crippen molar-refractivity contribution in [2.45, 2.75) is 89.3 Å². The number of nitrogens with one attached hydrogen (secondary N) is 1. The van der Waals surface area contributed by atoms with Crippen LogP contribution in [0.3, 0.4) is 0 Å². The Balaban J connectivity index is 0. The van der Waals surface area contributed by atoms with Gasteiger partial charge >= 0.3 is 5.97 Å². The molecule has 1 atom stereocenters. The summed E-state index contributed by atoms with van der Waals surface area (Å²) in [6.07, 6.45) is 14.3. The van der Waals surface area contributed by atoms with Crippen molar-refractivity contribution < 1.29 is 9.53 Å². The Bertz CT molecular complexity index is 295. The molecule has 3 nitrogen and oxygen atoms in total. The van der Waals surface area contributed by atoms with Crippen LogP contribution in [0.25, 0.3) is 0 Å². The predicted molar refractivity (Wildman–Crippen MR) is 110 cm³/mol. The van der Waals surface area contributed by atoms with E-state index in [0.29, 0.717) is 17.0 Å². The van der Waals surface area contributed by atoms with Gasteiger partial charge in [0.25, 0.3) is 0 Å². The Morgan fingerprint density at radius 2 is 1.46 bits per heavy atom. The van der Waals surface area contributed by atoms with E-state index in [9.17, 15) is 4.79 Å². The molecule has 0 aromatic heterocycles. The van der Waals surface area contributed by atoms with Crippen molar-refractivity contribution in [1.82, 2.24) is 5.32 Å². The molecule has 0 aromatic carbocycles. The lowest BCUT2D eigenvalue weighted by atomic mass is 10.1. The van der Waals surface area contributed by atoms with E-state index in [0.717, 1.165) is 6.42 Å². The van der Waals surface area contributed by atoms with Gasteiger partial charge in [-0.15, -0.1) is 0 Å². The second-order valence-electron chi connectivity index (χ2n) is 6.42. The molecule has 1 unspecified atom stereocenters. The minimum Gasteiger partial charge on any atom is -0.462 e. The molecule has 4 heteroatoms. The molecule has 0 saturated heterocycles. The van der Waals surface area contributed by atoms with E-state index in [-0.39, 0.29) is 5.97 Å². The highest BCUT2D eigenvalue weighted by Crippen LogP contribution is 2.16. The number of esters is 1. The van der Waals surface area contributed by atoms with Gasteiger partial charge in [-0.3, -0.25) is 0 Å². The fourth-order valence-electron chi connectivity index (χ4n) is 2.22. The van der Waals surface area contributed by atoms with Gasteiger partial charge in [-0.1, -0.05) is 87.2 Å². The number of halogens is 1.